The van der Waals surface area contributed by atoms with Crippen molar-refractivity contribution >= 4 is 17.4 Å². The number of rotatable bonds is 5. The number of hydrogen-bond acceptors (Lipinski definition) is 4. The first-order valence-electron chi connectivity index (χ1n) is 5.06. The number of benzene rings is 1. The lowest BCUT2D eigenvalue weighted by molar-refractivity contribution is -0.167. The third kappa shape index (κ3) is 2.62. The summed E-state index contributed by atoms with van der Waals surface area (Å²) in [6.45, 7) is 1.20. The quantitative estimate of drug-likeness (QED) is 0.586. The van der Waals surface area contributed by atoms with E-state index in [0.717, 1.165) is 0 Å². The van der Waals surface area contributed by atoms with Crippen LogP contribution in [0.2, 0.25) is 0 Å². The van der Waals surface area contributed by atoms with Gasteiger partial charge in [-0.05, 0) is 24.6 Å². The molecule has 0 radical (unpaired) electrons. The summed E-state index contributed by atoms with van der Waals surface area (Å²) in [7, 11) is 1.22. The molecule has 0 unspecified atom stereocenters. The number of carbonyl (C=O) groups excluding carboxylic acids is 1. The number of carboxylic acid groups (broad SMARTS) is 1. The van der Waals surface area contributed by atoms with Crippen molar-refractivity contribution in [3.8, 4) is 0 Å². The predicted octanol–water partition coefficient (Wildman–Crippen LogP) is 0.870. The second-order valence-corrected chi connectivity index (χ2v) is 3.81. The highest BCUT2D eigenvalue weighted by Crippen LogP contribution is 2.20. The minimum atomic E-state index is -1.82. The largest absolute Gasteiger partial charge is 0.479 e. The highest BCUT2D eigenvalue weighted by molar-refractivity contribution is 6.05. The van der Waals surface area contributed by atoms with Crippen LogP contribution in [-0.2, 0) is 20.7 Å². The van der Waals surface area contributed by atoms with Crippen LogP contribution in [0.1, 0.15) is 12.5 Å². The molecule has 0 amide bonds. The first-order valence-corrected chi connectivity index (χ1v) is 5.06. The number of hydrogen-bond donors (Lipinski definition) is 2. The maximum Gasteiger partial charge on any atom is 0.344 e. The van der Waals surface area contributed by atoms with Gasteiger partial charge in [0.05, 0.1) is 0 Å². The third-order valence-electron chi connectivity index (χ3n) is 2.70. The van der Waals surface area contributed by atoms with E-state index >= 15 is 0 Å². The maximum absolute atomic E-state index is 11.5. The zero-order valence-corrected chi connectivity index (χ0v) is 9.77. The molecule has 0 aliphatic rings. The van der Waals surface area contributed by atoms with Crippen LogP contribution in [0.15, 0.2) is 24.3 Å². The summed E-state index contributed by atoms with van der Waals surface area (Å²) < 4.78 is 4.91. The molecule has 0 fully saturated rings. The monoisotopic (exact) mass is 237 g/mol. The number of Topliss-reactive ketones (excluding diaryl/α,β-unsaturated/α-hetero) is 1. The second kappa shape index (κ2) is 4.97. The number of anilines is 1. The minimum Gasteiger partial charge on any atom is -0.479 e. The number of carboxylic acids is 1. The molecular weight excluding hydrogens is 222 g/mol. The van der Waals surface area contributed by atoms with Gasteiger partial charge in [-0.1, -0.05) is 12.1 Å². The molecule has 17 heavy (non-hydrogen) atoms. The van der Waals surface area contributed by atoms with E-state index in [1.165, 1.54) is 14.0 Å². The number of aliphatic carboxylic acids is 1. The van der Waals surface area contributed by atoms with E-state index in [4.69, 9.17) is 15.6 Å². The molecule has 1 aromatic carbocycles. The molecule has 5 nitrogen and oxygen atoms in total. The number of methoxy groups -OCH3 is 1. The molecule has 0 aliphatic heterocycles. The van der Waals surface area contributed by atoms with Crippen molar-refractivity contribution in [3.05, 3.63) is 29.8 Å². The molecule has 0 aliphatic carbocycles. The molecule has 0 saturated carbocycles. The summed E-state index contributed by atoms with van der Waals surface area (Å²) in [4.78, 5) is 22.7. The van der Waals surface area contributed by atoms with Crippen molar-refractivity contribution < 1.29 is 19.4 Å². The number of ketones is 1. The van der Waals surface area contributed by atoms with Gasteiger partial charge in [-0.2, -0.15) is 0 Å². The summed E-state index contributed by atoms with van der Waals surface area (Å²) in [5, 5.41) is 9.14. The number of nitrogen functional groups attached to an aromatic ring is 1. The van der Waals surface area contributed by atoms with Crippen molar-refractivity contribution in [2.75, 3.05) is 12.8 Å². The van der Waals surface area contributed by atoms with Crippen molar-refractivity contribution in [1.29, 1.82) is 0 Å². The number of nitrogens with two attached hydrogens (primary N) is 1. The average Bonchev–Trinajstić information content (AvgIpc) is 2.27. The Morgan fingerprint density at radius 3 is 2.24 bits per heavy atom. The van der Waals surface area contributed by atoms with Crippen LogP contribution in [0.25, 0.3) is 0 Å². The highest BCUT2D eigenvalue weighted by atomic mass is 16.5. The Balaban J connectivity index is 3.06. The van der Waals surface area contributed by atoms with Gasteiger partial charge >= 0.3 is 5.97 Å². The molecule has 0 saturated heterocycles. The smallest absolute Gasteiger partial charge is 0.344 e. The van der Waals surface area contributed by atoms with Gasteiger partial charge in [0.25, 0.3) is 0 Å². The SMILES string of the molecule is CO[C@@](Cc1ccc(N)cc1)(C(C)=O)C(=O)O. The van der Waals surface area contributed by atoms with Crippen molar-refractivity contribution in [1.82, 2.24) is 0 Å². The first-order chi connectivity index (χ1) is 7.92. The first kappa shape index (κ1) is 13.2. The summed E-state index contributed by atoms with van der Waals surface area (Å²) in [6.07, 6.45) is -0.0194. The summed E-state index contributed by atoms with van der Waals surface area (Å²) in [5.74, 6) is -1.83. The summed E-state index contributed by atoms with van der Waals surface area (Å²) >= 11 is 0. The lowest BCUT2D eigenvalue weighted by Gasteiger charge is -2.25. The Labute approximate surface area is 99.2 Å². The molecule has 0 spiro atoms. The van der Waals surface area contributed by atoms with Crippen LogP contribution in [-0.4, -0.2) is 29.6 Å². The maximum atomic E-state index is 11.5. The molecule has 1 rings (SSSR count). The lowest BCUT2D eigenvalue weighted by Crippen LogP contribution is -2.49. The Morgan fingerprint density at radius 2 is 1.88 bits per heavy atom. The second-order valence-electron chi connectivity index (χ2n) is 3.81. The van der Waals surface area contributed by atoms with Crippen LogP contribution in [0.3, 0.4) is 0 Å². The van der Waals surface area contributed by atoms with Gasteiger partial charge in [0.1, 0.15) is 0 Å². The van der Waals surface area contributed by atoms with E-state index in [-0.39, 0.29) is 6.42 Å². The molecule has 5 heteroatoms. The van der Waals surface area contributed by atoms with Gasteiger partial charge in [-0.15, -0.1) is 0 Å². The van der Waals surface area contributed by atoms with Gasteiger partial charge in [0.2, 0.25) is 5.60 Å². The highest BCUT2D eigenvalue weighted by Gasteiger charge is 2.43. The Hall–Kier alpha value is -1.88. The van der Waals surface area contributed by atoms with Gasteiger partial charge < -0.3 is 15.6 Å². The Kier molecular flexibility index (Phi) is 3.85. The molecule has 1 aromatic rings. The molecule has 3 N–H and O–H groups in total. The van der Waals surface area contributed by atoms with Crippen LogP contribution in [0.5, 0.6) is 0 Å². The molecule has 0 bridgehead atoms. The van der Waals surface area contributed by atoms with Crippen LogP contribution in [0.4, 0.5) is 5.69 Å². The lowest BCUT2D eigenvalue weighted by atomic mass is 9.90. The number of carbonyl (C=O) groups is 2. The van der Waals surface area contributed by atoms with Crippen LogP contribution in [0, 0.1) is 0 Å². The normalized spacial score (nSPS) is 14.0. The standard InChI is InChI=1S/C12H15NO4/c1-8(14)12(17-2,11(15)16)7-9-3-5-10(13)6-4-9/h3-6H,7,13H2,1-2H3,(H,15,16)/t12-/m0/s1. The van der Waals surface area contributed by atoms with Gasteiger partial charge in [0, 0.05) is 19.2 Å². The zero-order chi connectivity index (χ0) is 13.1. The fourth-order valence-corrected chi connectivity index (χ4v) is 1.58. The van der Waals surface area contributed by atoms with E-state index in [1.807, 2.05) is 0 Å². The molecule has 92 valence electrons. The summed E-state index contributed by atoms with van der Waals surface area (Å²) in [6, 6.07) is 6.65. The zero-order valence-electron chi connectivity index (χ0n) is 9.77. The van der Waals surface area contributed by atoms with Gasteiger partial charge in [-0.3, -0.25) is 4.79 Å². The average molecular weight is 237 g/mol. The van der Waals surface area contributed by atoms with Gasteiger partial charge in [-0.25, -0.2) is 4.79 Å². The van der Waals surface area contributed by atoms with Crippen molar-refractivity contribution in [3.63, 3.8) is 0 Å². The van der Waals surface area contributed by atoms with E-state index < -0.39 is 17.4 Å². The van der Waals surface area contributed by atoms with Crippen molar-refractivity contribution in [2.24, 2.45) is 0 Å². The number of ether oxygens (including phenoxy) is 1. The minimum absolute atomic E-state index is 0.0194. The fraction of sp³-hybridized carbons (Fsp3) is 0.333. The van der Waals surface area contributed by atoms with Crippen molar-refractivity contribution in [2.45, 2.75) is 18.9 Å². The van der Waals surface area contributed by atoms with Gasteiger partial charge in [0.15, 0.2) is 5.78 Å². The van der Waals surface area contributed by atoms with E-state index in [0.29, 0.717) is 11.3 Å². The topological polar surface area (TPSA) is 89.6 Å². The predicted molar refractivity (Wildman–Crippen MR) is 62.6 cm³/mol. The third-order valence-corrected chi connectivity index (χ3v) is 2.70. The molecule has 0 heterocycles. The Morgan fingerprint density at radius 1 is 1.35 bits per heavy atom. The Bertz CT molecular complexity index is 411. The summed E-state index contributed by atoms with van der Waals surface area (Å²) in [5.41, 5.74) is 4.96. The van der Waals surface area contributed by atoms with Crippen LogP contribution >= 0.6 is 0 Å². The molecule has 0 aromatic heterocycles. The van der Waals surface area contributed by atoms with E-state index in [1.54, 1.807) is 24.3 Å². The molecular formula is C12H15NO4. The van der Waals surface area contributed by atoms with Crippen LogP contribution < -0.4 is 5.73 Å². The fourth-order valence-electron chi connectivity index (χ4n) is 1.58. The molecule has 1 atom stereocenters. The van der Waals surface area contributed by atoms with E-state index in [2.05, 4.69) is 0 Å². The van der Waals surface area contributed by atoms with E-state index in [9.17, 15) is 9.59 Å².